The fraction of sp³-hybridized carbons (Fsp3) is 0.360. The second kappa shape index (κ2) is 9.79. The van der Waals surface area contributed by atoms with Crippen LogP contribution in [0.5, 0.6) is 0 Å². The Balaban J connectivity index is 1.50. The first-order valence-electron chi connectivity index (χ1n) is 11.2. The van der Waals surface area contributed by atoms with Gasteiger partial charge in [0, 0.05) is 0 Å². The number of carbonyl (C=O) groups excluding carboxylic acids is 1. The Hall–Kier alpha value is -3.13. The zero-order valence-corrected chi connectivity index (χ0v) is 20.5. The van der Waals surface area contributed by atoms with Crippen molar-refractivity contribution in [2.45, 2.75) is 52.2 Å². The van der Waals surface area contributed by atoms with Crippen LogP contribution in [0.4, 0.5) is 0 Å². The highest BCUT2D eigenvalue weighted by Crippen LogP contribution is 2.26. The van der Waals surface area contributed by atoms with E-state index in [-0.39, 0.29) is 17.7 Å². The van der Waals surface area contributed by atoms with E-state index in [0.717, 1.165) is 40.4 Å². The quantitative estimate of drug-likeness (QED) is 0.357. The van der Waals surface area contributed by atoms with Gasteiger partial charge in [-0.15, -0.1) is 10.2 Å². The van der Waals surface area contributed by atoms with Crippen LogP contribution in [0.2, 0.25) is 0 Å². The third-order valence-electron chi connectivity index (χ3n) is 5.51. The third-order valence-corrected chi connectivity index (χ3v) is 6.44. The molecule has 172 valence electrons. The molecule has 2 aromatic heterocycles. The average Bonchev–Trinajstić information content (AvgIpc) is 3.36. The van der Waals surface area contributed by atoms with Crippen LogP contribution in [0.15, 0.2) is 47.6 Å². The van der Waals surface area contributed by atoms with Crippen LogP contribution in [-0.2, 0) is 4.79 Å². The third kappa shape index (κ3) is 5.27. The van der Waals surface area contributed by atoms with Gasteiger partial charge in [0.15, 0.2) is 5.16 Å². The van der Waals surface area contributed by atoms with E-state index >= 15 is 0 Å². The predicted octanol–water partition coefficient (Wildman–Crippen LogP) is 5.06. The molecule has 2 heterocycles. The molecule has 0 saturated heterocycles. The first kappa shape index (κ1) is 23.0. The number of amides is 1. The number of carbonyl (C=O) groups is 1. The highest BCUT2D eigenvalue weighted by molar-refractivity contribution is 7.99. The van der Waals surface area contributed by atoms with Crippen molar-refractivity contribution in [2.24, 2.45) is 5.92 Å². The molecule has 4 aromatic rings. The summed E-state index contributed by atoms with van der Waals surface area (Å²) in [4.78, 5) is 21.0. The summed E-state index contributed by atoms with van der Waals surface area (Å²) >= 11 is 1.39. The molecule has 0 saturated carbocycles. The van der Waals surface area contributed by atoms with Crippen molar-refractivity contribution in [2.75, 3.05) is 5.75 Å². The van der Waals surface area contributed by atoms with Crippen molar-refractivity contribution in [1.82, 2.24) is 30.0 Å². The molecule has 4 rings (SSSR count). The van der Waals surface area contributed by atoms with E-state index < -0.39 is 0 Å². The zero-order valence-electron chi connectivity index (χ0n) is 19.7. The number of hydrogen-bond acceptors (Lipinski definition) is 5. The Bertz CT molecular complexity index is 1240. The number of nitrogens with one attached hydrogen (secondary N) is 2. The van der Waals surface area contributed by atoms with E-state index in [1.165, 1.54) is 17.3 Å². The lowest BCUT2D eigenvalue weighted by atomic mass is 10.0. The van der Waals surface area contributed by atoms with Gasteiger partial charge >= 0.3 is 0 Å². The first-order chi connectivity index (χ1) is 15.8. The van der Waals surface area contributed by atoms with E-state index in [1.54, 1.807) is 0 Å². The van der Waals surface area contributed by atoms with Crippen LogP contribution >= 0.6 is 11.8 Å². The summed E-state index contributed by atoms with van der Waals surface area (Å²) in [5.41, 5.74) is 5.22. The molecule has 0 fully saturated rings. The number of hydrogen-bond donors (Lipinski definition) is 2. The molecule has 1 atom stereocenters. The summed E-state index contributed by atoms with van der Waals surface area (Å²) in [6.07, 6.45) is 0.800. The van der Waals surface area contributed by atoms with Gasteiger partial charge in [0.05, 0.1) is 28.5 Å². The number of thioether (sulfide) groups is 1. The van der Waals surface area contributed by atoms with Gasteiger partial charge in [0.1, 0.15) is 11.6 Å². The van der Waals surface area contributed by atoms with Gasteiger partial charge in [0.25, 0.3) is 0 Å². The molecule has 0 aliphatic heterocycles. The Morgan fingerprint density at radius 1 is 1.12 bits per heavy atom. The molecule has 8 heteroatoms. The Kier molecular flexibility index (Phi) is 6.83. The number of H-pyrrole nitrogens is 1. The molecule has 2 N–H and O–H groups in total. The summed E-state index contributed by atoms with van der Waals surface area (Å²) < 4.78 is 2.02. The van der Waals surface area contributed by atoms with Crippen LogP contribution in [0.25, 0.3) is 16.7 Å². The molecular formula is C25H30N6OS. The second-order valence-electron chi connectivity index (χ2n) is 8.83. The SMILES string of the molecule is Cc1ccc(C)c(-n2c(C)nnc2SCC(=O)NC(CC(C)C)c2nc3ccccc3[nH]2)c1. The molecule has 1 unspecified atom stereocenters. The van der Waals surface area contributed by atoms with Crippen LogP contribution in [0.3, 0.4) is 0 Å². The number of para-hydroxylation sites is 2. The van der Waals surface area contributed by atoms with Gasteiger partial charge in [-0.1, -0.05) is 49.9 Å². The van der Waals surface area contributed by atoms with E-state index in [0.29, 0.717) is 11.1 Å². The van der Waals surface area contributed by atoms with Crippen molar-refractivity contribution in [3.63, 3.8) is 0 Å². The van der Waals surface area contributed by atoms with Gasteiger partial charge in [-0.2, -0.15) is 0 Å². The topological polar surface area (TPSA) is 88.5 Å². The molecule has 0 aliphatic carbocycles. The summed E-state index contributed by atoms with van der Waals surface area (Å²) in [5, 5.41) is 12.5. The maximum atomic E-state index is 12.9. The van der Waals surface area contributed by atoms with Gasteiger partial charge < -0.3 is 10.3 Å². The lowest BCUT2D eigenvalue weighted by molar-refractivity contribution is -0.119. The monoisotopic (exact) mass is 462 g/mol. The van der Waals surface area contributed by atoms with Crippen LogP contribution in [0.1, 0.15) is 49.1 Å². The lowest BCUT2D eigenvalue weighted by Gasteiger charge is -2.18. The van der Waals surface area contributed by atoms with Crippen molar-refractivity contribution in [3.8, 4) is 5.69 Å². The lowest BCUT2D eigenvalue weighted by Crippen LogP contribution is -2.31. The van der Waals surface area contributed by atoms with Gasteiger partial charge in [0.2, 0.25) is 5.91 Å². The number of aryl methyl sites for hydroxylation is 3. The van der Waals surface area contributed by atoms with Crippen molar-refractivity contribution < 1.29 is 4.79 Å². The smallest absolute Gasteiger partial charge is 0.231 e. The van der Waals surface area contributed by atoms with Gasteiger partial charge in [-0.05, 0) is 62.4 Å². The number of aromatic nitrogens is 5. The Morgan fingerprint density at radius 2 is 1.91 bits per heavy atom. The van der Waals surface area contributed by atoms with E-state index in [9.17, 15) is 4.79 Å². The molecule has 7 nitrogen and oxygen atoms in total. The fourth-order valence-corrected chi connectivity index (χ4v) is 4.69. The number of aromatic amines is 1. The first-order valence-corrected chi connectivity index (χ1v) is 12.2. The summed E-state index contributed by atoms with van der Waals surface area (Å²) in [6, 6.07) is 14.0. The predicted molar refractivity (Wildman–Crippen MR) is 133 cm³/mol. The van der Waals surface area contributed by atoms with Crippen LogP contribution in [0, 0.1) is 26.7 Å². The summed E-state index contributed by atoms with van der Waals surface area (Å²) in [5.74, 6) is 2.19. The summed E-state index contributed by atoms with van der Waals surface area (Å²) in [7, 11) is 0. The number of nitrogens with zero attached hydrogens (tertiary/aromatic N) is 4. The number of rotatable bonds is 8. The molecule has 0 bridgehead atoms. The number of benzene rings is 2. The molecule has 0 spiro atoms. The fourth-order valence-electron chi connectivity index (χ4n) is 3.89. The zero-order chi connectivity index (χ0) is 23.5. The van der Waals surface area contributed by atoms with E-state index in [1.807, 2.05) is 35.8 Å². The molecule has 2 aromatic carbocycles. The maximum Gasteiger partial charge on any atom is 0.231 e. The average molecular weight is 463 g/mol. The molecule has 33 heavy (non-hydrogen) atoms. The molecular weight excluding hydrogens is 432 g/mol. The standard InChI is InChI=1S/C25H30N6OS/c1-15(2)12-21(24-27-19-8-6-7-9-20(19)28-24)26-23(32)14-33-25-30-29-18(5)31(25)22-13-16(3)10-11-17(22)4/h6-11,13,15,21H,12,14H2,1-5H3,(H,26,32)(H,27,28). The van der Waals surface area contributed by atoms with Crippen molar-refractivity contribution in [3.05, 3.63) is 65.2 Å². The number of imidazole rings is 1. The van der Waals surface area contributed by atoms with Crippen molar-refractivity contribution >= 4 is 28.7 Å². The minimum absolute atomic E-state index is 0.0562. The highest BCUT2D eigenvalue weighted by Gasteiger charge is 2.21. The normalized spacial score (nSPS) is 12.4. The Labute approximate surface area is 198 Å². The minimum atomic E-state index is -0.177. The second-order valence-corrected chi connectivity index (χ2v) is 9.78. The van der Waals surface area contributed by atoms with Gasteiger partial charge in [-0.25, -0.2) is 4.98 Å². The number of fused-ring (bicyclic) bond motifs is 1. The van der Waals surface area contributed by atoms with E-state index in [4.69, 9.17) is 4.98 Å². The summed E-state index contributed by atoms with van der Waals surface area (Å²) in [6.45, 7) is 10.4. The van der Waals surface area contributed by atoms with Gasteiger partial charge in [-0.3, -0.25) is 9.36 Å². The largest absolute Gasteiger partial charge is 0.345 e. The molecule has 0 aliphatic rings. The van der Waals surface area contributed by atoms with Crippen LogP contribution < -0.4 is 5.32 Å². The van der Waals surface area contributed by atoms with Crippen LogP contribution in [-0.4, -0.2) is 36.4 Å². The molecule has 0 radical (unpaired) electrons. The maximum absolute atomic E-state index is 12.9. The minimum Gasteiger partial charge on any atom is -0.345 e. The van der Waals surface area contributed by atoms with Crippen molar-refractivity contribution in [1.29, 1.82) is 0 Å². The molecule has 1 amide bonds. The Morgan fingerprint density at radius 3 is 2.67 bits per heavy atom. The van der Waals surface area contributed by atoms with E-state index in [2.05, 4.69) is 66.4 Å². The highest BCUT2D eigenvalue weighted by atomic mass is 32.2.